The average molecular weight is 1080 g/mol. The summed E-state index contributed by atoms with van der Waals surface area (Å²) in [5, 5.41) is 1.13. The molecule has 10 rings (SSSR count). The van der Waals surface area contributed by atoms with Gasteiger partial charge in [0.2, 0.25) is 0 Å². The van der Waals surface area contributed by atoms with Crippen molar-refractivity contribution in [2.45, 2.75) is 53.4 Å². The fourth-order valence-electron chi connectivity index (χ4n) is 9.08. The van der Waals surface area contributed by atoms with Crippen molar-refractivity contribution < 1.29 is 28.7 Å². The minimum Gasteiger partial charge on any atom is -0.422 e. The Kier molecular flexibility index (Phi) is 10.8. The zero-order chi connectivity index (χ0) is 43.1. The van der Waals surface area contributed by atoms with Gasteiger partial charge in [-0.15, -0.1) is 22.7 Å². The quantitative estimate of drug-likeness (QED) is 0.0587. The highest BCUT2D eigenvalue weighted by Gasteiger charge is 2.44. The number of esters is 2. The number of fused-ring (bicyclic) bond motifs is 7. The molecule has 2 amide bonds. The van der Waals surface area contributed by atoms with Crippen LogP contribution in [0.15, 0.2) is 84.9 Å². The lowest BCUT2D eigenvalue weighted by molar-refractivity contribution is -0.127. The Labute approximate surface area is 394 Å². The number of carbonyl (C=O) groups excluding carboxylic acids is 4. The van der Waals surface area contributed by atoms with Gasteiger partial charge in [0.25, 0.3) is 11.8 Å². The maximum absolute atomic E-state index is 14.5. The second kappa shape index (κ2) is 16.2. The van der Waals surface area contributed by atoms with E-state index in [4.69, 9.17) is 9.47 Å². The number of amides is 2. The molecular formula is C50H40I2N2O6S2. The monoisotopic (exact) mass is 1080 g/mol. The molecule has 0 radical (unpaired) electrons. The lowest BCUT2D eigenvalue weighted by Crippen LogP contribution is -2.28. The van der Waals surface area contributed by atoms with Crippen LogP contribution in [0.2, 0.25) is 0 Å². The number of halogens is 2. The topological polar surface area (TPSA) is 93.2 Å². The Morgan fingerprint density at radius 3 is 1.29 bits per heavy atom. The molecule has 4 aliphatic heterocycles. The summed E-state index contributed by atoms with van der Waals surface area (Å²) in [5.74, 6) is -0.0741. The van der Waals surface area contributed by atoms with Crippen LogP contribution in [-0.2, 0) is 19.2 Å². The Morgan fingerprint density at radius 2 is 0.919 bits per heavy atom. The number of rotatable bonds is 10. The average Bonchev–Trinajstić information content (AvgIpc) is 4.09. The van der Waals surface area contributed by atoms with E-state index in [2.05, 4.69) is 109 Å². The van der Waals surface area contributed by atoms with E-state index >= 15 is 0 Å². The van der Waals surface area contributed by atoms with Gasteiger partial charge in [0.05, 0.1) is 39.4 Å². The van der Waals surface area contributed by atoms with Gasteiger partial charge in [0.1, 0.15) is 11.5 Å². The Bertz CT molecular complexity index is 2810. The van der Waals surface area contributed by atoms with Crippen LogP contribution in [0.4, 0.5) is 11.4 Å². The van der Waals surface area contributed by atoms with Gasteiger partial charge in [0.15, 0.2) is 0 Å². The van der Waals surface area contributed by atoms with Crippen molar-refractivity contribution in [3.8, 4) is 32.4 Å². The first-order chi connectivity index (χ1) is 29.9. The van der Waals surface area contributed by atoms with Gasteiger partial charge in [-0.3, -0.25) is 9.59 Å². The van der Waals surface area contributed by atoms with E-state index in [-0.39, 0.29) is 23.0 Å². The second-order valence-corrected chi connectivity index (χ2v) is 22.9. The molecule has 8 nitrogen and oxygen atoms in total. The highest BCUT2D eigenvalue weighted by Crippen LogP contribution is 2.53. The lowest BCUT2D eigenvalue weighted by Gasteiger charge is -2.18. The molecule has 0 atom stereocenters. The molecule has 62 heavy (non-hydrogen) atoms. The van der Waals surface area contributed by atoms with E-state index in [1.165, 1.54) is 5.77 Å². The van der Waals surface area contributed by atoms with Crippen LogP contribution >= 0.6 is 67.9 Å². The smallest absolute Gasteiger partial charge is 0.345 e. The zero-order valence-electron chi connectivity index (χ0n) is 34.4. The number of benzene rings is 4. The predicted molar refractivity (Wildman–Crippen MR) is 267 cm³/mol. The van der Waals surface area contributed by atoms with Crippen LogP contribution < -0.4 is 19.3 Å². The van der Waals surface area contributed by atoms with E-state index < -0.39 is 11.9 Å². The summed E-state index contributed by atoms with van der Waals surface area (Å²) in [6.45, 7) is 9.75. The standard InChI is InChI=1S/C50H40I2N2O6S2/c1-25(2)7-5-21-53-35-23-27(37-17-19-39(51)61-37)9-11-31(35)41(47(53)55)43-33-15-13-30-29(45(33)59-49(43)57)14-16-34-44(50(58)60-46(30)34)42-32-12-10-28(38-18-20-40(52)62-38)24-36(32)54(48(42)56)22-6-8-26(3)4/h9-20,23-26H,5-8,21-22H2,1-4H3/b43-41+,44-42+. The molecule has 6 aromatic rings. The van der Waals surface area contributed by atoms with Gasteiger partial charge in [-0.05, 0) is 154 Å². The molecule has 0 unspecified atom stereocenters. The van der Waals surface area contributed by atoms with Gasteiger partial charge >= 0.3 is 11.9 Å². The van der Waals surface area contributed by atoms with Gasteiger partial charge in [0, 0.05) is 55.9 Å². The fourth-order valence-corrected chi connectivity index (χ4v) is 12.3. The predicted octanol–water partition coefficient (Wildman–Crippen LogP) is 12.7. The van der Waals surface area contributed by atoms with Crippen LogP contribution in [0.1, 0.15) is 75.6 Å². The van der Waals surface area contributed by atoms with Gasteiger partial charge in [-0.2, -0.15) is 0 Å². The Hall–Kier alpha value is -4.64. The molecule has 0 spiro atoms. The maximum atomic E-state index is 14.5. The first kappa shape index (κ1) is 41.4. The van der Waals surface area contributed by atoms with Crippen molar-refractivity contribution in [2.24, 2.45) is 11.8 Å². The first-order valence-corrected chi connectivity index (χ1v) is 24.6. The number of hydrogen-bond donors (Lipinski definition) is 0. The number of anilines is 2. The third-order valence-corrected chi connectivity index (χ3v) is 15.9. The summed E-state index contributed by atoms with van der Waals surface area (Å²) in [4.78, 5) is 63.0. The van der Waals surface area contributed by atoms with Gasteiger partial charge < -0.3 is 19.3 Å². The Balaban J connectivity index is 1.07. The second-order valence-electron chi connectivity index (χ2n) is 16.9. The van der Waals surface area contributed by atoms with Gasteiger partial charge in [-0.25, -0.2) is 9.59 Å². The van der Waals surface area contributed by atoms with E-state index in [1.807, 2.05) is 46.2 Å². The molecular weight excluding hydrogens is 1040 g/mol. The summed E-state index contributed by atoms with van der Waals surface area (Å²) in [7, 11) is 0. The number of carbonyl (C=O) groups is 4. The summed E-state index contributed by atoms with van der Waals surface area (Å²) >= 11 is 8.01. The van der Waals surface area contributed by atoms with Crippen molar-refractivity contribution in [1.82, 2.24) is 0 Å². The highest BCUT2D eigenvalue weighted by atomic mass is 127. The molecule has 0 N–H and O–H groups in total. The van der Waals surface area contributed by atoms with Crippen molar-refractivity contribution in [2.75, 3.05) is 22.9 Å². The molecule has 4 aliphatic rings. The van der Waals surface area contributed by atoms with Crippen molar-refractivity contribution in [3.63, 3.8) is 0 Å². The zero-order valence-corrected chi connectivity index (χ0v) is 40.3. The number of thiophene rings is 2. The molecule has 2 aromatic heterocycles. The van der Waals surface area contributed by atoms with E-state index in [0.29, 0.717) is 80.6 Å². The third kappa shape index (κ3) is 6.96. The molecule has 12 heteroatoms. The molecule has 312 valence electrons. The lowest BCUT2D eigenvalue weighted by atomic mass is 9.91. The molecule has 4 aromatic carbocycles. The van der Waals surface area contributed by atoms with Crippen LogP contribution in [0.3, 0.4) is 0 Å². The van der Waals surface area contributed by atoms with Crippen LogP contribution in [0.5, 0.6) is 11.5 Å². The summed E-state index contributed by atoms with van der Waals surface area (Å²) in [6.07, 6.45) is 3.57. The van der Waals surface area contributed by atoms with Crippen molar-refractivity contribution >= 4 is 136 Å². The third-order valence-electron chi connectivity index (χ3n) is 12.0. The van der Waals surface area contributed by atoms with Crippen LogP contribution in [-0.4, -0.2) is 36.8 Å². The maximum Gasteiger partial charge on any atom is 0.345 e. The first-order valence-electron chi connectivity index (χ1n) is 20.8. The molecule has 6 heterocycles. The van der Waals surface area contributed by atoms with E-state index in [9.17, 15) is 19.2 Å². The number of ether oxygens (including phenoxy) is 2. The van der Waals surface area contributed by atoms with Crippen LogP contribution in [0, 0.1) is 17.6 Å². The molecule has 0 fully saturated rings. The largest absolute Gasteiger partial charge is 0.422 e. The summed E-state index contributed by atoms with van der Waals surface area (Å²) in [6, 6.07) is 27.6. The van der Waals surface area contributed by atoms with Crippen LogP contribution in [0.25, 0.3) is 53.9 Å². The molecule has 0 aliphatic carbocycles. The van der Waals surface area contributed by atoms with Crippen molar-refractivity contribution in [1.29, 1.82) is 0 Å². The minimum atomic E-state index is -0.606. The minimum absolute atomic E-state index is 0.223. The summed E-state index contributed by atoms with van der Waals surface area (Å²) in [5.41, 5.74) is 7.12. The van der Waals surface area contributed by atoms with E-state index in [0.717, 1.165) is 57.9 Å². The highest BCUT2D eigenvalue weighted by molar-refractivity contribution is 14.1. The number of nitrogens with zero attached hydrogens (tertiary/aromatic N) is 2. The Morgan fingerprint density at radius 1 is 0.516 bits per heavy atom. The van der Waals surface area contributed by atoms with Gasteiger partial charge in [-0.1, -0.05) is 52.0 Å². The SMILES string of the molecule is CC(C)CCCN1C(=O)/C(=C2/C(=O)Oc3c2ccc2c4c(ccc32)/C(=C2\C(=O)N(CCCC(C)C)c3cc(-c5ccc(I)s5)ccc32)C(=O)O4)c2ccc(-c3ccc(I)s3)cc21. The molecule has 0 saturated heterocycles. The number of hydrogen-bond acceptors (Lipinski definition) is 8. The summed E-state index contributed by atoms with van der Waals surface area (Å²) < 4.78 is 14.5. The van der Waals surface area contributed by atoms with E-state index in [1.54, 1.807) is 34.8 Å². The normalized spacial score (nSPS) is 17.8. The fraction of sp³-hybridized carbons (Fsp3) is 0.240. The molecule has 0 saturated carbocycles. The molecule has 0 bridgehead atoms. The van der Waals surface area contributed by atoms with Crippen molar-refractivity contribution in [3.05, 3.63) is 113 Å².